The van der Waals surface area contributed by atoms with Crippen LogP contribution in [0, 0.1) is 0 Å². The molecular formula is C15H19F2NO4S. The van der Waals surface area contributed by atoms with Gasteiger partial charge in [0, 0.05) is 5.69 Å². The van der Waals surface area contributed by atoms with E-state index in [0.29, 0.717) is 5.69 Å². The Balaban J connectivity index is 1.85. The Morgan fingerprint density at radius 3 is 2.35 bits per heavy atom. The number of ether oxygens (including phenoxy) is 1. The largest absolute Gasteiger partial charge is 0.461 e. The van der Waals surface area contributed by atoms with E-state index < -0.39 is 20.5 Å². The van der Waals surface area contributed by atoms with Gasteiger partial charge in [0.15, 0.2) is 0 Å². The molecule has 1 saturated carbocycles. The third-order valence-corrected chi connectivity index (χ3v) is 5.10. The van der Waals surface area contributed by atoms with Gasteiger partial charge in [-0.3, -0.25) is 4.79 Å². The molecule has 23 heavy (non-hydrogen) atoms. The smallest absolute Gasteiger partial charge is 0.341 e. The molecule has 0 saturated heterocycles. The van der Waals surface area contributed by atoms with Gasteiger partial charge in [0.2, 0.25) is 9.84 Å². The van der Waals surface area contributed by atoms with Crippen LogP contribution in [0.25, 0.3) is 0 Å². The topological polar surface area (TPSA) is 72.5 Å². The fraction of sp³-hybridized carbons (Fsp3) is 0.533. The maximum absolute atomic E-state index is 12.4. The summed E-state index contributed by atoms with van der Waals surface area (Å²) in [5.41, 5.74) is 0.457. The monoisotopic (exact) mass is 347 g/mol. The van der Waals surface area contributed by atoms with E-state index in [9.17, 15) is 22.0 Å². The summed E-state index contributed by atoms with van der Waals surface area (Å²) in [4.78, 5) is 11.3. The minimum Gasteiger partial charge on any atom is -0.461 e. The van der Waals surface area contributed by atoms with Crippen LogP contribution >= 0.6 is 0 Å². The van der Waals surface area contributed by atoms with Gasteiger partial charge in [0.1, 0.15) is 12.6 Å². The van der Waals surface area contributed by atoms with Crippen molar-refractivity contribution >= 4 is 21.5 Å². The maximum atomic E-state index is 12.4. The highest BCUT2D eigenvalue weighted by molar-refractivity contribution is 7.91. The van der Waals surface area contributed by atoms with Gasteiger partial charge in [-0.2, -0.15) is 8.78 Å². The number of hydrogen-bond donors (Lipinski definition) is 1. The molecule has 0 radical (unpaired) electrons. The molecule has 8 heteroatoms. The molecule has 1 aromatic rings. The van der Waals surface area contributed by atoms with Crippen LogP contribution in [0.5, 0.6) is 0 Å². The minimum absolute atomic E-state index is 0.0309. The molecule has 0 spiro atoms. The first-order chi connectivity index (χ1) is 10.9. The van der Waals surface area contributed by atoms with Gasteiger partial charge in [-0.15, -0.1) is 0 Å². The SMILES string of the molecule is O=C(CNc1ccc(S(=O)(=O)C(F)F)cc1)OC1CCCCC1. The summed E-state index contributed by atoms with van der Waals surface area (Å²) in [5.74, 6) is -3.84. The number of benzene rings is 1. The Bertz CT molecular complexity index is 625. The van der Waals surface area contributed by atoms with Crippen LogP contribution in [0.15, 0.2) is 29.2 Å². The Labute approximate surface area is 133 Å². The number of halogens is 2. The number of esters is 1. The zero-order chi connectivity index (χ0) is 16.9. The first-order valence-corrected chi connectivity index (χ1v) is 8.99. The molecule has 2 rings (SSSR count). The van der Waals surface area contributed by atoms with Crippen LogP contribution in [0.4, 0.5) is 14.5 Å². The zero-order valence-electron chi connectivity index (χ0n) is 12.5. The van der Waals surface area contributed by atoms with E-state index >= 15 is 0 Å². The Kier molecular flexibility index (Phi) is 5.92. The number of anilines is 1. The van der Waals surface area contributed by atoms with E-state index in [-0.39, 0.29) is 18.6 Å². The Hall–Kier alpha value is -1.70. The van der Waals surface area contributed by atoms with Crippen LogP contribution in [0.2, 0.25) is 0 Å². The normalized spacial score (nSPS) is 16.3. The van der Waals surface area contributed by atoms with Crippen LogP contribution < -0.4 is 5.32 Å². The molecule has 1 aromatic carbocycles. The summed E-state index contributed by atoms with van der Waals surface area (Å²) in [7, 11) is -4.60. The molecule has 0 bridgehead atoms. The lowest BCUT2D eigenvalue weighted by Gasteiger charge is -2.21. The predicted molar refractivity (Wildman–Crippen MR) is 81.1 cm³/mol. The standard InChI is InChI=1S/C15H19F2NO4S/c16-15(17)23(20,21)13-8-6-11(7-9-13)18-10-14(19)22-12-4-2-1-3-5-12/h6-9,12,15,18H,1-5,10H2. The minimum atomic E-state index is -4.60. The second-order valence-electron chi connectivity index (χ2n) is 5.43. The van der Waals surface area contributed by atoms with Crippen LogP contribution in [-0.4, -0.2) is 32.8 Å². The lowest BCUT2D eigenvalue weighted by atomic mass is 9.98. The van der Waals surface area contributed by atoms with E-state index in [1.165, 1.54) is 18.6 Å². The highest BCUT2D eigenvalue weighted by Crippen LogP contribution is 2.21. The molecule has 0 amide bonds. The average Bonchev–Trinajstić information content (AvgIpc) is 2.54. The number of alkyl halides is 2. The van der Waals surface area contributed by atoms with Gasteiger partial charge in [-0.05, 0) is 49.9 Å². The number of carbonyl (C=O) groups is 1. The number of carbonyl (C=O) groups excluding carboxylic acids is 1. The molecule has 0 aromatic heterocycles. The Morgan fingerprint density at radius 2 is 1.78 bits per heavy atom. The molecule has 0 atom stereocenters. The lowest BCUT2D eigenvalue weighted by Crippen LogP contribution is -2.25. The fourth-order valence-corrected chi connectivity index (χ4v) is 3.17. The molecule has 0 aliphatic heterocycles. The van der Waals surface area contributed by atoms with Crippen molar-refractivity contribution in [2.45, 2.75) is 48.9 Å². The van der Waals surface area contributed by atoms with Crippen molar-refractivity contribution in [1.29, 1.82) is 0 Å². The quantitative estimate of drug-likeness (QED) is 0.801. The van der Waals surface area contributed by atoms with Gasteiger partial charge < -0.3 is 10.1 Å². The van der Waals surface area contributed by atoms with Crippen molar-refractivity contribution in [1.82, 2.24) is 0 Å². The van der Waals surface area contributed by atoms with Gasteiger partial charge in [0.05, 0.1) is 4.90 Å². The zero-order valence-corrected chi connectivity index (χ0v) is 13.3. The number of rotatable bonds is 6. The summed E-state index contributed by atoms with van der Waals surface area (Å²) < 4.78 is 52.7. The van der Waals surface area contributed by atoms with Crippen LogP contribution in [-0.2, 0) is 19.4 Å². The number of hydrogen-bond acceptors (Lipinski definition) is 5. The van der Waals surface area contributed by atoms with E-state index in [1.807, 2.05) is 0 Å². The summed E-state index contributed by atoms with van der Waals surface area (Å²) in [6, 6.07) is 4.83. The molecule has 0 unspecified atom stereocenters. The summed E-state index contributed by atoms with van der Waals surface area (Å²) >= 11 is 0. The van der Waals surface area contributed by atoms with Crippen molar-refractivity contribution in [2.24, 2.45) is 0 Å². The van der Waals surface area contributed by atoms with Gasteiger partial charge >= 0.3 is 11.7 Å². The van der Waals surface area contributed by atoms with E-state index in [4.69, 9.17) is 4.74 Å². The van der Waals surface area contributed by atoms with Crippen molar-refractivity contribution in [3.05, 3.63) is 24.3 Å². The van der Waals surface area contributed by atoms with Gasteiger partial charge in [0.25, 0.3) is 0 Å². The second kappa shape index (κ2) is 7.72. The van der Waals surface area contributed by atoms with Crippen molar-refractivity contribution in [3.8, 4) is 0 Å². The molecule has 1 fully saturated rings. The highest BCUT2D eigenvalue weighted by atomic mass is 32.2. The average molecular weight is 347 g/mol. The summed E-state index contributed by atoms with van der Waals surface area (Å²) in [6.07, 6.45) is 5.02. The fourth-order valence-electron chi connectivity index (χ4n) is 2.45. The molecule has 1 aliphatic carbocycles. The molecule has 1 aliphatic rings. The summed E-state index contributed by atoms with van der Waals surface area (Å²) in [6.45, 7) is -0.0581. The van der Waals surface area contributed by atoms with Crippen molar-refractivity contribution in [3.63, 3.8) is 0 Å². The van der Waals surface area contributed by atoms with Crippen LogP contribution in [0.3, 0.4) is 0 Å². The second-order valence-corrected chi connectivity index (χ2v) is 7.35. The number of sulfone groups is 1. The lowest BCUT2D eigenvalue weighted by molar-refractivity contribution is -0.148. The summed E-state index contributed by atoms with van der Waals surface area (Å²) in [5, 5.41) is 2.79. The first-order valence-electron chi connectivity index (χ1n) is 7.45. The third-order valence-electron chi connectivity index (χ3n) is 3.70. The van der Waals surface area contributed by atoms with E-state index in [0.717, 1.165) is 37.8 Å². The third kappa shape index (κ3) is 4.89. The molecule has 5 nitrogen and oxygen atoms in total. The molecule has 1 N–H and O–H groups in total. The van der Waals surface area contributed by atoms with Gasteiger partial charge in [-0.25, -0.2) is 8.42 Å². The molecular weight excluding hydrogens is 328 g/mol. The van der Waals surface area contributed by atoms with Crippen LogP contribution in [0.1, 0.15) is 32.1 Å². The van der Waals surface area contributed by atoms with E-state index in [2.05, 4.69) is 5.32 Å². The number of nitrogens with one attached hydrogen (secondary N) is 1. The first kappa shape index (κ1) is 17.7. The highest BCUT2D eigenvalue weighted by Gasteiger charge is 2.26. The Morgan fingerprint density at radius 1 is 1.17 bits per heavy atom. The van der Waals surface area contributed by atoms with Crippen molar-refractivity contribution < 1.29 is 26.7 Å². The molecule has 128 valence electrons. The predicted octanol–water partition coefficient (Wildman–Crippen LogP) is 2.97. The molecule has 0 heterocycles. The maximum Gasteiger partial charge on any atom is 0.341 e. The van der Waals surface area contributed by atoms with Gasteiger partial charge in [-0.1, -0.05) is 6.42 Å². The van der Waals surface area contributed by atoms with E-state index in [1.54, 1.807) is 0 Å². The van der Waals surface area contributed by atoms with Crippen molar-refractivity contribution in [2.75, 3.05) is 11.9 Å².